The van der Waals surface area contributed by atoms with Crippen molar-refractivity contribution in [3.63, 3.8) is 0 Å². The second-order valence-corrected chi connectivity index (χ2v) is 8.80. The zero-order chi connectivity index (χ0) is 23.1. The van der Waals surface area contributed by atoms with Crippen LogP contribution in [0.2, 0.25) is 0 Å². The van der Waals surface area contributed by atoms with Crippen LogP contribution in [0.1, 0.15) is 15.9 Å². The van der Waals surface area contributed by atoms with E-state index in [1.54, 1.807) is 18.3 Å². The second kappa shape index (κ2) is 8.39. The van der Waals surface area contributed by atoms with Gasteiger partial charge in [-0.1, -0.05) is 54.6 Å². The molecule has 1 saturated heterocycles. The highest BCUT2D eigenvalue weighted by atomic mass is 16.2. The van der Waals surface area contributed by atoms with Crippen molar-refractivity contribution in [1.82, 2.24) is 19.2 Å². The fraction of sp³-hybridized carbons (Fsp3) is 0.179. The summed E-state index contributed by atoms with van der Waals surface area (Å²) in [6, 6.07) is 25.6. The SMILES string of the molecule is O=C(c1cccn2c(=O)c3cc4ccccc4cc3nc12)N1CCN(Cc2ccccc2)CC1. The van der Waals surface area contributed by atoms with E-state index >= 15 is 0 Å². The number of piperazine rings is 1. The van der Waals surface area contributed by atoms with Gasteiger partial charge in [0.05, 0.1) is 16.5 Å². The summed E-state index contributed by atoms with van der Waals surface area (Å²) in [6.45, 7) is 3.81. The van der Waals surface area contributed by atoms with E-state index in [2.05, 4.69) is 29.2 Å². The Morgan fingerprint density at radius 2 is 1.53 bits per heavy atom. The average Bonchev–Trinajstić information content (AvgIpc) is 2.88. The van der Waals surface area contributed by atoms with Gasteiger partial charge in [-0.3, -0.25) is 18.9 Å². The standard InChI is InChI=1S/C28H24N4O2/c33-27(31-15-13-30(14-16-31)19-20-7-2-1-3-8-20)23-11-6-12-32-26(23)29-25-18-22-10-5-4-9-21(22)17-24(25)28(32)34/h1-12,17-18H,13-16,19H2. The molecule has 1 aliphatic rings. The third-order valence-electron chi connectivity index (χ3n) is 6.65. The molecule has 6 heteroatoms. The van der Waals surface area contributed by atoms with Gasteiger partial charge in [-0.2, -0.15) is 0 Å². The lowest BCUT2D eigenvalue weighted by atomic mass is 10.1. The first-order valence-electron chi connectivity index (χ1n) is 11.6. The molecule has 3 aromatic carbocycles. The molecule has 1 fully saturated rings. The van der Waals surface area contributed by atoms with E-state index in [0.717, 1.165) is 30.4 Å². The number of amides is 1. The van der Waals surface area contributed by atoms with Gasteiger partial charge in [0, 0.05) is 38.9 Å². The number of rotatable bonds is 3. The van der Waals surface area contributed by atoms with Crippen LogP contribution in [0.4, 0.5) is 0 Å². The molecule has 34 heavy (non-hydrogen) atoms. The second-order valence-electron chi connectivity index (χ2n) is 8.80. The number of nitrogens with zero attached hydrogens (tertiary/aromatic N) is 4. The molecule has 3 heterocycles. The van der Waals surface area contributed by atoms with Crippen LogP contribution in [0.5, 0.6) is 0 Å². The maximum absolute atomic E-state index is 13.5. The van der Waals surface area contributed by atoms with Crippen LogP contribution in [0.15, 0.2) is 89.9 Å². The molecule has 0 bridgehead atoms. The topological polar surface area (TPSA) is 57.9 Å². The number of hydrogen-bond donors (Lipinski definition) is 0. The summed E-state index contributed by atoms with van der Waals surface area (Å²) in [7, 11) is 0. The van der Waals surface area contributed by atoms with Crippen molar-refractivity contribution >= 4 is 33.2 Å². The van der Waals surface area contributed by atoms with E-state index in [-0.39, 0.29) is 11.5 Å². The summed E-state index contributed by atoms with van der Waals surface area (Å²) in [4.78, 5) is 35.8. The molecule has 1 aliphatic heterocycles. The number of carbonyl (C=O) groups excluding carboxylic acids is 1. The minimum Gasteiger partial charge on any atom is -0.336 e. The van der Waals surface area contributed by atoms with Crippen molar-refractivity contribution in [1.29, 1.82) is 0 Å². The fourth-order valence-corrected chi connectivity index (χ4v) is 4.80. The Balaban J connectivity index is 1.32. The molecule has 6 rings (SSSR count). The van der Waals surface area contributed by atoms with Crippen LogP contribution in [-0.2, 0) is 6.54 Å². The van der Waals surface area contributed by atoms with E-state index in [0.29, 0.717) is 35.2 Å². The Kier molecular flexibility index (Phi) is 5.08. The van der Waals surface area contributed by atoms with E-state index in [1.165, 1.54) is 9.96 Å². The summed E-state index contributed by atoms with van der Waals surface area (Å²) in [5.41, 5.74) is 2.60. The number of pyridine rings is 1. The summed E-state index contributed by atoms with van der Waals surface area (Å²) in [6.07, 6.45) is 1.69. The normalized spacial score (nSPS) is 14.8. The minimum atomic E-state index is -0.159. The minimum absolute atomic E-state index is 0.0792. The molecule has 0 unspecified atom stereocenters. The maximum Gasteiger partial charge on any atom is 0.265 e. The molecule has 0 atom stereocenters. The van der Waals surface area contributed by atoms with Crippen LogP contribution in [0.25, 0.3) is 27.3 Å². The largest absolute Gasteiger partial charge is 0.336 e. The quantitative estimate of drug-likeness (QED) is 0.392. The van der Waals surface area contributed by atoms with E-state index in [9.17, 15) is 9.59 Å². The summed E-state index contributed by atoms with van der Waals surface area (Å²) >= 11 is 0. The Hall–Kier alpha value is -4.03. The van der Waals surface area contributed by atoms with Crippen molar-refractivity contribution in [2.45, 2.75) is 6.54 Å². The summed E-state index contributed by atoms with van der Waals surface area (Å²) < 4.78 is 1.50. The lowest BCUT2D eigenvalue weighted by molar-refractivity contribution is 0.0629. The molecule has 168 valence electrons. The number of benzene rings is 3. The van der Waals surface area contributed by atoms with E-state index < -0.39 is 0 Å². The van der Waals surface area contributed by atoms with Gasteiger partial charge < -0.3 is 4.90 Å². The lowest BCUT2D eigenvalue weighted by Gasteiger charge is -2.34. The van der Waals surface area contributed by atoms with Gasteiger partial charge in [0.2, 0.25) is 0 Å². The molecule has 0 spiro atoms. The van der Waals surface area contributed by atoms with E-state index in [4.69, 9.17) is 4.98 Å². The van der Waals surface area contributed by atoms with Crippen LogP contribution in [0, 0.1) is 0 Å². The van der Waals surface area contributed by atoms with Gasteiger partial charge in [0.25, 0.3) is 11.5 Å². The molecule has 2 aromatic heterocycles. The third-order valence-corrected chi connectivity index (χ3v) is 6.65. The Bertz CT molecular complexity index is 1590. The number of hydrogen-bond acceptors (Lipinski definition) is 4. The van der Waals surface area contributed by atoms with Crippen LogP contribution in [0.3, 0.4) is 0 Å². The Morgan fingerprint density at radius 1 is 0.824 bits per heavy atom. The molecule has 6 nitrogen and oxygen atoms in total. The van der Waals surface area contributed by atoms with Gasteiger partial charge in [-0.05, 0) is 40.6 Å². The monoisotopic (exact) mass is 448 g/mol. The van der Waals surface area contributed by atoms with Crippen molar-refractivity contribution in [3.05, 3.63) is 107 Å². The molecule has 0 saturated carbocycles. The van der Waals surface area contributed by atoms with Crippen LogP contribution in [-0.4, -0.2) is 51.3 Å². The Morgan fingerprint density at radius 3 is 2.29 bits per heavy atom. The fourth-order valence-electron chi connectivity index (χ4n) is 4.80. The average molecular weight is 449 g/mol. The van der Waals surface area contributed by atoms with Crippen molar-refractivity contribution in [2.75, 3.05) is 26.2 Å². The highest BCUT2D eigenvalue weighted by molar-refractivity contribution is 6.02. The molecule has 0 N–H and O–H groups in total. The van der Waals surface area contributed by atoms with Crippen LogP contribution >= 0.6 is 0 Å². The van der Waals surface area contributed by atoms with Gasteiger partial charge in [0.1, 0.15) is 0 Å². The number of fused-ring (bicyclic) bond motifs is 3. The summed E-state index contributed by atoms with van der Waals surface area (Å²) in [5.74, 6) is -0.0792. The molecule has 0 radical (unpaired) electrons. The molecule has 5 aromatic rings. The predicted molar refractivity (Wildman–Crippen MR) is 134 cm³/mol. The van der Waals surface area contributed by atoms with Gasteiger partial charge >= 0.3 is 0 Å². The highest BCUT2D eigenvalue weighted by Crippen LogP contribution is 2.21. The molecule has 0 aliphatic carbocycles. The maximum atomic E-state index is 13.5. The van der Waals surface area contributed by atoms with E-state index in [1.807, 2.05) is 47.4 Å². The van der Waals surface area contributed by atoms with Gasteiger partial charge in [0.15, 0.2) is 5.65 Å². The van der Waals surface area contributed by atoms with Gasteiger partial charge in [-0.15, -0.1) is 0 Å². The third kappa shape index (κ3) is 3.62. The molecule has 1 amide bonds. The first-order chi connectivity index (χ1) is 16.7. The zero-order valence-corrected chi connectivity index (χ0v) is 18.7. The van der Waals surface area contributed by atoms with Crippen molar-refractivity contribution in [3.8, 4) is 0 Å². The number of aromatic nitrogens is 2. The summed E-state index contributed by atoms with van der Waals surface area (Å²) in [5, 5.41) is 2.56. The molecular formula is C28H24N4O2. The lowest BCUT2D eigenvalue weighted by Crippen LogP contribution is -2.48. The van der Waals surface area contributed by atoms with Gasteiger partial charge in [-0.25, -0.2) is 4.98 Å². The Labute approximate surface area is 196 Å². The first-order valence-corrected chi connectivity index (χ1v) is 11.6. The van der Waals surface area contributed by atoms with Crippen molar-refractivity contribution < 1.29 is 4.79 Å². The first kappa shape index (κ1) is 20.6. The predicted octanol–water partition coefficient (Wildman–Crippen LogP) is 3.96. The zero-order valence-electron chi connectivity index (χ0n) is 18.7. The molecular weight excluding hydrogens is 424 g/mol. The van der Waals surface area contributed by atoms with Crippen LogP contribution < -0.4 is 5.56 Å². The number of carbonyl (C=O) groups is 1. The highest BCUT2D eigenvalue weighted by Gasteiger charge is 2.24. The smallest absolute Gasteiger partial charge is 0.265 e. The van der Waals surface area contributed by atoms with Crippen molar-refractivity contribution in [2.24, 2.45) is 0 Å².